The highest BCUT2D eigenvalue weighted by Gasteiger charge is 2.12. The molecule has 1 aromatic carbocycles. The number of nitrogens with zero attached hydrogens (tertiary/aromatic N) is 2. The maximum atomic E-state index is 5.58. The zero-order valence-corrected chi connectivity index (χ0v) is 10.9. The lowest BCUT2D eigenvalue weighted by atomic mass is 10.1. The van der Waals surface area contributed by atoms with Crippen LogP contribution in [0.15, 0.2) is 30.3 Å². The molecule has 0 atom stereocenters. The van der Waals surface area contributed by atoms with Crippen LogP contribution in [0.3, 0.4) is 0 Å². The number of benzene rings is 1. The summed E-state index contributed by atoms with van der Waals surface area (Å²) in [6.07, 6.45) is 0.801. The molecule has 0 spiro atoms. The number of hydrogen-bond donors (Lipinski definition) is 1. The lowest BCUT2D eigenvalue weighted by Gasteiger charge is -2.09. The van der Waals surface area contributed by atoms with Crippen molar-refractivity contribution < 1.29 is 4.74 Å². The highest BCUT2D eigenvalue weighted by Crippen LogP contribution is 2.30. The van der Waals surface area contributed by atoms with Gasteiger partial charge in [0.05, 0.1) is 18.5 Å². The van der Waals surface area contributed by atoms with Gasteiger partial charge in [-0.15, -0.1) is 0 Å². The molecule has 0 aliphatic carbocycles. The first-order valence-corrected chi connectivity index (χ1v) is 6.20. The topological polar surface area (TPSA) is 53.1 Å². The minimum Gasteiger partial charge on any atom is -0.496 e. The smallest absolute Gasteiger partial charge is 0.128 e. The van der Waals surface area contributed by atoms with Crippen molar-refractivity contribution in [3.05, 3.63) is 36.0 Å². The van der Waals surface area contributed by atoms with Crippen molar-refractivity contribution >= 4 is 0 Å². The van der Waals surface area contributed by atoms with E-state index in [1.54, 1.807) is 7.11 Å². The van der Waals surface area contributed by atoms with Gasteiger partial charge < -0.3 is 10.5 Å². The first-order valence-electron chi connectivity index (χ1n) is 6.20. The van der Waals surface area contributed by atoms with E-state index in [4.69, 9.17) is 10.5 Å². The van der Waals surface area contributed by atoms with Gasteiger partial charge in [-0.3, -0.25) is 4.68 Å². The molecule has 0 aliphatic rings. The van der Waals surface area contributed by atoms with E-state index in [1.165, 1.54) is 0 Å². The normalized spacial score (nSPS) is 10.6. The Morgan fingerprint density at radius 1 is 1.33 bits per heavy atom. The lowest BCUT2D eigenvalue weighted by Crippen LogP contribution is -2.04. The van der Waals surface area contributed by atoms with Gasteiger partial charge in [0.1, 0.15) is 5.75 Å². The van der Waals surface area contributed by atoms with E-state index >= 15 is 0 Å². The Bertz CT molecular complexity index is 520. The number of nitrogens with two attached hydrogens (primary N) is 1. The zero-order chi connectivity index (χ0) is 13.0. The fraction of sp³-hybridized carbons (Fsp3) is 0.357. The summed E-state index contributed by atoms with van der Waals surface area (Å²) in [6.45, 7) is 3.53. The van der Waals surface area contributed by atoms with Crippen molar-refractivity contribution in [1.29, 1.82) is 0 Å². The first-order chi connectivity index (χ1) is 8.80. The second-order valence-corrected chi connectivity index (χ2v) is 4.08. The molecule has 0 unspecified atom stereocenters. The van der Waals surface area contributed by atoms with Crippen molar-refractivity contribution in [2.75, 3.05) is 13.7 Å². The molecule has 96 valence electrons. The van der Waals surface area contributed by atoms with Crippen molar-refractivity contribution in [3.63, 3.8) is 0 Å². The van der Waals surface area contributed by atoms with Gasteiger partial charge in [-0.2, -0.15) is 5.10 Å². The molecule has 0 radical (unpaired) electrons. The molecule has 0 fully saturated rings. The number of para-hydroxylation sites is 1. The maximum Gasteiger partial charge on any atom is 0.128 e. The van der Waals surface area contributed by atoms with Crippen molar-refractivity contribution in [2.45, 2.75) is 19.9 Å². The summed E-state index contributed by atoms with van der Waals surface area (Å²) in [6, 6.07) is 10.1. The van der Waals surface area contributed by atoms with Gasteiger partial charge in [0.25, 0.3) is 0 Å². The molecule has 2 rings (SSSR count). The fourth-order valence-electron chi connectivity index (χ4n) is 2.05. The summed E-state index contributed by atoms with van der Waals surface area (Å²) in [7, 11) is 1.69. The monoisotopic (exact) mass is 245 g/mol. The van der Waals surface area contributed by atoms with E-state index in [-0.39, 0.29) is 0 Å². The van der Waals surface area contributed by atoms with Gasteiger partial charge in [-0.1, -0.05) is 12.1 Å². The summed E-state index contributed by atoms with van der Waals surface area (Å²) in [5, 5.41) is 4.55. The Morgan fingerprint density at radius 3 is 2.78 bits per heavy atom. The Kier molecular flexibility index (Phi) is 3.99. The average molecular weight is 245 g/mol. The van der Waals surface area contributed by atoms with Gasteiger partial charge in [-0.25, -0.2) is 0 Å². The van der Waals surface area contributed by atoms with E-state index < -0.39 is 0 Å². The number of methoxy groups -OCH3 is 1. The predicted molar refractivity (Wildman–Crippen MR) is 72.6 cm³/mol. The van der Waals surface area contributed by atoms with Crippen molar-refractivity contribution in [2.24, 2.45) is 5.73 Å². The molecule has 1 heterocycles. The Hall–Kier alpha value is -1.81. The summed E-state index contributed by atoms with van der Waals surface area (Å²) >= 11 is 0. The van der Waals surface area contributed by atoms with Crippen LogP contribution in [0.4, 0.5) is 0 Å². The molecular weight excluding hydrogens is 226 g/mol. The molecule has 0 saturated heterocycles. The Morgan fingerprint density at radius 2 is 2.11 bits per heavy atom. The average Bonchev–Trinajstić information content (AvgIpc) is 2.82. The molecule has 18 heavy (non-hydrogen) atoms. The fourth-order valence-corrected chi connectivity index (χ4v) is 2.05. The van der Waals surface area contributed by atoms with Gasteiger partial charge >= 0.3 is 0 Å². The third-order valence-electron chi connectivity index (χ3n) is 2.91. The molecule has 0 bridgehead atoms. The van der Waals surface area contributed by atoms with E-state index in [2.05, 4.69) is 18.1 Å². The lowest BCUT2D eigenvalue weighted by molar-refractivity contribution is 0.416. The third-order valence-corrected chi connectivity index (χ3v) is 2.91. The van der Waals surface area contributed by atoms with Crippen LogP contribution in [-0.2, 0) is 13.0 Å². The van der Waals surface area contributed by atoms with Crippen LogP contribution in [0.1, 0.15) is 12.6 Å². The molecule has 0 amide bonds. The van der Waals surface area contributed by atoms with Crippen LogP contribution in [0.5, 0.6) is 5.75 Å². The minimum absolute atomic E-state index is 0.617. The quantitative estimate of drug-likeness (QED) is 0.877. The van der Waals surface area contributed by atoms with Gasteiger partial charge in [0, 0.05) is 18.5 Å². The maximum absolute atomic E-state index is 5.58. The Balaban J connectivity index is 2.48. The SMILES string of the molecule is CCn1nc(CCN)cc1-c1ccccc1OC. The highest BCUT2D eigenvalue weighted by atomic mass is 16.5. The molecule has 2 aromatic rings. The standard InChI is InChI=1S/C14H19N3O/c1-3-17-13(10-11(16-17)8-9-15)12-6-4-5-7-14(12)18-2/h4-7,10H,3,8-9,15H2,1-2H3. The highest BCUT2D eigenvalue weighted by molar-refractivity contribution is 5.67. The predicted octanol–water partition coefficient (Wildman–Crippen LogP) is 2.08. The summed E-state index contributed by atoms with van der Waals surface area (Å²) in [5.74, 6) is 0.867. The van der Waals surface area contributed by atoms with Gasteiger partial charge in [0.15, 0.2) is 0 Å². The number of rotatable bonds is 5. The zero-order valence-electron chi connectivity index (χ0n) is 10.9. The second-order valence-electron chi connectivity index (χ2n) is 4.08. The number of hydrogen-bond acceptors (Lipinski definition) is 3. The summed E-state index contributed by atoms with van der Waals surface area (Å²) < 4.78 is 7.39. The third kappa shape index (κ3) is 2.38. The molecular formula is C14H19N3O. The van der Waals surface area contributed by atoms with Crippen LogP contribution >= 0.6 is 0 Å². The van der Waals surface area contributed by atoms with E-state index in [0.29, 0.717) is 6.54 Å². The van der Waals surface area contributed by atoms with Crippen LogP contribution in [0, 0.1) is 0 Å². The van der Waals surface area contributed by atoms with Crippen molar-refractivity contribution in [3.8, 4) is 17.0 Å². The van der Waals surface area contributed by atoms with Crippen LogP contribution in [-0.4, -0.2) is 23.4 Å². The van der Waals surface area contributed by atoms with E-state index in [1.807, 2.05) is 28.9 Å². The van der Waals surface area contributed by atoms with Crippen LogP contribution in [0.2, 0.25) is 0 Å². The van der Waals surface area contributed by atoms with Crippen LogP contribution < -0.4 is 10.5 Å². The van der Waals surface area contributed by atoms with E-state index in [0.717, 1.165) is 35.7 Å². The van der Waals surface area contributed by atoms with Gasteiger partial charge in [0.2, 0.25) is 0 Å². The largest absolute Gasteiger partial charge is 0.496 e. The number of aromatic nitrogens is 2. The van der Waals surface area contributed by atoms with Crippen LogP contribution in [0.25, 0.3) is 11.3 Å². The number of aryl methyl sites for hydroxylation is 1. The number of ether oxygens (including phenoxy) is 1. The summed E-state index contributed by atoms with van der Waals surface area (Å²) in [5.41, 5.74) is 8.76. The minimum atomic E-state index is 0.617. The van der Waals surface area contributed by atoms with Crippen molar-refractivity contribution in [1.82, 2.24) is 9.78 Å². The van der Waals surface area contributed by atoms with E-state index in [9.17, 15) is 0 Å². The van der Waals surface area contributed by atoms with Gasteiger partial charge in [-0.05, 0) is 31.7 Å². The molecule has 0 aliphatic heterocycles. The first kappa shape index (κ1) is 12.6. The second kappa shape index (κ2) is 5.69. The molecule has 4 heteroatoms. The molecule has 1 aromatic heterocycles. The molecule has 2 N–H and O–H groups in total. The molecule has 0 saturated carbocycles. The molecule has 4 nitrogen and oxygen atoms in total. The Labute approximate surface area is 107 Å². The summed E-state index contributed by atoms with van der Waals surface area (Å²) in [4.78, 5) is 0.